The van der Waals surface area contributed by atoms with Crippen molar-refractivity contribution in [2.45, 2.75) is 33.4 Å². The molecule has 2 aromatic heterocycles. The van der Waals surface area contributed by atoms with E-state index in [9.17, 15) is 0 Å². The number of nitrogens with one attached hydrogen (secondary N) is 1. The van der Waals surface area contributed by atoms with E-state index in [4.69, 9.17) is 0 Å². The summed E-state index contributed by atoms with van der Waals surface area (Å²) in [7, 11) is 0. The lowest BCUT2D eigenvalue weighted by atomic mass is 10.3. The second kappa shape index (κ2) is 6.26. The molecule has 0 saturated heterocycles. The van der Waals surface area contributed by atoms with Crippen LogP contribution in [0.5, 0.6) is 0 Å². The second-order valence-corrected chi connectivity index (χ2v) is 4.28. The van der Waals surface area contributed by atoms with Crippen LogP contribution in [0.1, 0.15) is 30.6 Å². The van der Waals surface area contributed by atoms with Gasteiger partial charge in [-0.25, -0.2) is 15.0 Å². The summed E-state index contributed by atoms with van der Waals surface area (Å²) in [6, 6.07) is 1.94. The smallest absolute Gasteiger partial charge is 0.125 e. The summed E-state index contributed by atoms with van der Waals surface area (Å²) in [5, 5.41) is 3.38. The summed E-state index contributed by atoms with van der Waals surface area (Å²) >= 11 is 0. The predicted molar refractivity (Wildman–Crippen MR) is 70.1 cm³/mol. The van der Waals surface area contributed by atoms with E-state index < -0.39 is 0 Å². The highest BCUT2D eigenvalue weighted by molar-refractivity contribution is 5.06. The van der Waals surface area contributed by atoms with Crippen LogP contribution in [0.4, 0.5) is 0 Å². The second-order valence-electron chi connectivity index (χ2n) is 4.28. The summed E-state index contributed by atoms with van der Waals surface area (Å²) in [4.78, 5) is 12.7. The van der Waals surface area contributed by atoms with Crippen LogP contribution in [0.3, 0.4) is 0 Å². The van der Waals surface area contributed by atoms with Crippen molar-refractivity contribution in [3.05, 3.63) is 42.0 Å². The van der Waals surface area contributed by atoms with E-state index >= 15 is 0 Å². The van der Waals surface area contributed by atoms with Crippen LogP contribution in [0.2, 0.25) is 0 Å². The number of hydrogen-bond donors (Lipinski definition) is 1. The van der Waals surface area contributed by atoms with Crippen LogP contribution >= 0.6 is 0 Å². The Kier molecular flexibility index (Phi) is 4.41. The van der Waals surface area contributed by atoms with E-state index in [1.165, 1.54) is 5.69 Å². The zero-order chi connectivity index (χ0) is 12.8. The Morgan fingerprint density at radius 1 is 1.39 bits per heavy atom. The zero-order valence-corrected chi connectivity index (χ0v) is 10.9. The van der Waals surface area contributed by atoms with Crippen LogP contribution in [0.25, 0.3) is 0 Å². The van der Waals surface area contributed by atoms with E-state index in [-0.39, 0.29) is 0 Å². The molecule has 0 radical (unpaired) electrons. The fraction of sp³-hybridized carbons (Fsp3) is 0.462. The first kappa shape index (κ1) is 12.7. The van der Waals surface area contributed by atoms with Gasteiger partial charge >= 0.3 is 0 Å². The third-order valence-corrected chi connectivity index (χ3v) is 2.70. The molecule has 2 aromatic rings. The highest BCUT2D eigenvalue weighted by atomic mass is 15.1. The standard InChI is InChI=1S/C13H19N5/c1-3-5-14-7-13-8-15-10-18(13)9-12-4-6-16-11(2)17-12/h4,6,8,10,14H,3,5,7,9H2,1-2H3. The summed E-state index contributed by atoms with van der Waals surface area (Å²) in [5.41, 5.74) is 2.19. The normalized spacial score (nSPS) is 10.8. The van der Waals surface area contributed by atoms with Gasteiger partial charge in [0.1, 0.15) is 5.82 Å². The van der Waals surface area contributed by atoms with Crippen LogP contribution in [-0.2, 0) is 13.1 Å². The molecular weight excluding hydrogens is 226 g/mol. The Morgan fingerprint density at radius 2 is 2.28 bits per heavy atom. The average Bonchev–Trinajstić information content (AvgIpc) is 2.77. The number of hydrogen-bond acceptors (Lipinski definition) is 4. The quantitative estimate of drug-likeness (QED) is 0.784. The number of nitrogens with zero attached hydrogens (tertiary/aromatic N) is 4. The first-order valence-electron chi connectivity index (χ1n) is 6.28. The Bertz CT molecular complexity index is 492. The average molecular weight is 245 g/mol. The van der Waals surface area contributed by atoms with Crippen molar-refractivity contribution in [3.63, 3.8) is 0 Å². The van der Waals surface area contributed by atoms with Crippen LogP contribution in [0, 0.1) is 6.92 Å². The SMILES string of the molecule is CCCNCc1cncn1Cc1ccnc(C)n1. The van der Waals surface area contributed by atoms with Gasteiger partial charge in [-0.2, -0.15) is 0 Å². The predicted octanol–water partition coefficient (Wildman–Crippen LogP) is 1.53. The summed E-state index contributed by atoms with van der Waals surface area (Å²) < 4.78 is 2.12. The Hall–Kier alpha value is -1.75. The molecule has 0 atom stereocenters. The molecule has 18 heavy (non-hydrogen) atoms. The molecule has 1 N–H and O–H groups in total. The van der Waals surface area contributed by atoms with Crippen molar-refractivity contribution in [2.24, 2.45) is 0 Å². The first-order valence-corrected chi connectivity index (χ1v) is 6.28. The minimum absolute atomic E-state index is 0.743. The van der Waals surface area contributed by atoms with Crippen LogP contribution in [-0.4, -0.2) is 26.1 Å². The van der Waals surface area contributed by atoms with E-state index in [0.29, 0.717) is 0 Å². The molecule has 0 amide bonds. The van der Waals surface area contributed by atoms with Crippen molar-refractivity contribution in [1.29, 1.82) is 0 Å². The Balaban J connectivity index is 2.03. The molecule has 0 aliphatic rings. The third-order valence-electron chi connectivity index (χ3n) is 2.70. The molecule has 0 fully saturated rings. The molecular formula is C13H19N5. The number of imidazole rings is 1. The number of rotatable bonds is 6. The minimum Gasteiger partial charge on any atom is -0.327 e. The maximum Gasteiger partial charge on any atom is 0.125 e. The largest absolute Gasteiger partial charge is 0.327 e. The lowest BCUT2D eigenvalue weighted by Crippen LogP contribution is -2.17. The molecule has 5 nitrogen and oxygen atoms in total. The summed E-state index contributed by atoms with van der Waals surface area (Å²) in [6.07, 6.45) is 6.68. The fourth-order valence-corrected chi connectivity index (χ4v) is 1.80. The fourth-order valence-electron chi connectivity index (χ4n) is 1.80. The van der Waals surface area contributed by atoms with Crippen molar-refractivity contribution in [1.82, 2.24) is 24.8 Å². The highest BCUT2D eigenvalue weighted by Crippen LogP contribution is 2.04. The van der Waals surface area contributed by atoms with Gasteiger partial charge in [0.05, 0.1) is 24.3 Å². The van der Waals surface area contributed by atoms with E-state index in [1.54, 1.807) is 6.20 Å². The number of aryl methyl sites for hydroxylation is 1. The van der Waals surface area contributed by atoms with Gasteiger partial charge in [0.2, 0.25) is 0 Å². The van der Waals surface area contributed by atoms with Gasteiger partial charge < -0.3 is 9.88 Å². The molecule has 0 bridgehead atoms. The number of aromatic nitrogens is 4. The Labute approximate surface area is 107 Å². The van der Waals surface area contributed by atoms with E-state index in [0.717, 1.165) is 37.6 Å². The molecule has 5 heteroatoms. The van der Waals surface area contributed by atoms with Crippen molar-refractivity contribution < 1.29 is 0 Å². The highest BCUT2D eigenvalue weighted by Gasteiger charge is 2.03. The van der Waals surface area contributed by atoms with E-state index in [1.807, 2.05) is 25.5 Å². The lowest BCUT2D eigenvalue weighted by molar-refractivity contribution is 0.625. The molecule has 2 heterocycles. The molecule has 2 rings (SSSR count). The molecule has 0 saturated carbocycles. The zero-order valence-electron chi connectivity index (χ0n) is 10.9. The maximum atomic E-state index is 4.41. The van der Waals surface area contributed by atoms with Crippen molar-refractivity contribution in [3.8, 4) is 0 Å². The maximum absolute atomic E-state index is 4.41. The van der Waals surface area contributed by atoms with Gasteiger partial charge in [-0.1, -0.05) is 6.92 Å². The molecule has 0 aromatic carbocycles. The van der Waals surface area contributed by atoms with Crippen molar-refractivity contribution >= 4 is 0 Å². The minimum atomic E-state index is 0.743. The van der Waals surface area contributed by atoms with E-state index in [2.05, 4.69) is 31.8 Å². The van der Waals surface area contributed by atoms with Crippen molar-refractivity contribution in [2.75, 3.05) is 6.54 Å². The molecule has 0 spiro atoms. The molecule has 96 valence electrons. The summed E-state index contributed by atoms with van der Waals surface area (Å²) in [5.74, 6) is 0.804. The van der Waals surface area contributed by atoms with Gasteiger partial charge in [0.15, 0.2) is 0 Å². The molecule has 0 unspecified atom stereocenters. The van der Waals surface area contributed by atoms with Gasteiger partial charge in [-0.15, -0.1) is 0 Å². The van der Waals surface area contributed by atoms with Crippen LogP contribution in [0.15, 0.2) is 24.8 Å². The molecule has 0 aliphatic carbocycles. The monoisotopic (exact) mass is 245 g/mol. The summed E-state index contributed by atoms with van der Waals surface area (Å²) in [6.45, 7) is 6.68. The Morgan fingerprint density at radius 3 is 3.06 bits per heavy atom. The lowest BCUT2D eigenvalue weighted by Gasteiger charge is -2.08. The molecule has 0 aliphatic heterocycles. The van der Waals surface area contributed by atoms with Gasteiger partial charge in [0.25, 0.3) is 0 Å². The van der Waals surface area contributed by atoms with Crippen LogP contribution < -0.4 is 5.32 Å². The first-order chi connectivity index (χ1) is 8.79. The van der Waals surface area contributed by atoms with Gasteiger partial charge in [0, 0.05) is 18.9 Å². The van der Waals surface area contributed by atoms with Gasteiger partial charge in [-0.3, -0.25) is 0 Å². The van der Waals surface area contributed by atoms with Gasteiger partial charge in [-0.05, 0) is 26.0 Å². The third kappa shape index (κ3) is 3.37. The topological polar surface area (TPSA) is 55.6 Å².